The highest BCUT2D eigenvalue weighted by Gasteiger charge is 2.24. The third-order valence-corrected chi connectivity index (χ3v) is 5.03. The lowest BCUT2D eigenvalue weighted by atomic mass is 10.00. The summed E-state index contributed by atoms with van der Waals surface area (Å²) in [4.78, 5) is 0. The van der Waals surface area contributed by atoms with Crippen LogP contribution in [-0.2, 0) is 16.1 Å². The zero-order valence-electron chi connectivity index (χ0n) is 15.8. The van der Waals surface area contributed by atoms with E-state index in [0.29, 0.717) is 24.7 Å². The molecule has 2 aromatic rings. The third-order valence-electron chi connectivity index (χ3n) is 5.03. The smallest absolute Gasteiger partial charge is 0.183 e. The first-order valence-electron chi connectivity index (χ1n) is 9.60. The van der Waals surface area contributed by atoms with Crippen molar-refractivity contribution < 1.29 is 27.0 Å². The zero-order valence-corrected chi connectivity index (χ0v) is 15.8. The second kappa shape index (κ2) is 9.52. The lowest BCUT2D eigenvalue weighted by molar-refractivity contribution is -0.206. The molecule has 3 rings (SSSR count). The van der Waals surface area contributed by atoms with Gasteiger partial charge >= 0.3 is 0 Å². The van der Waals surface area contributed by atoms with Crippen LogP contribution in [0.4, 0.5) is 17.6 Å². The molecule has 1 fully saturated rings. The Morgan fingerprint density at radius 1 is 0.929 bits per heavy atom. The molecule has 2 aromatic carbocycles. The van der Waals surface area contributed by atoms with Gasteiger partial charge in [-0.3, -0.25) is 0 Å². The molecule has 1 aliphatic heterocycles. The van der Waals surface area contributed by atoms with Gasteiger partial charge in [-0.05, 0) is 30.2 Å². The summed E-state index contributed by atoms with van der Waals surface area (Å²) in [5.41, 5.74) is -0.106. The Kier molecular flexibility index (Phi) is 7.08. The molecule has 0 aliphatic carbocycles. The second-order valence-corrected chi connectivity index (χ2v) is 7.15. The maximum absolute atomic E-state index is 14.6. The molecule has 1 heterocycles. The minimum atomic E-state index is -1.25. The van der Waals surface area contributed by atoms with Crippen LogP contribution in [0.5, 0.6) is 0 Å². The molecule has 6 heteroatoms. The summed E-state index contributed by atoms with van der Waals surface area (Å²) in [6.07, 6.45) is 3.86. The number of alkyl halides is 1. The quantitative estimate of drug-likeness (QED) is 0.394. The lowest BCUT2D eigenvalue weighted by Crippen LogP contribution is -2.27. The fraction of sp³-hybridized carbons (Fsp3) is 0.455. The molecule has 0 bridgehead atoms. The molecule has 0 N–H and O–H groups in total. The fourth-order valence-electron chi connectivity index (χ4n) is 3.38. The van der Waals surface area contributed by atoms with Gasteiger partial charge in [0.05, 0.1) is 18.8 Å². The van der Waals surface area contributed by atoms with Crippen molar-refractivity contribution in [2.75, 3.05) is 13.2 Å². The number of benzene rings is 2. The number of rotatable bonds is 7. The van der Waals surface area contributed by atoms with Gasteiger partial charge in [-0.1, -0.05) is 38.3 Å². The van der Waals surface area contributed by atoms with E-state index in [1.807, 2.05) is 0 Å². The van der Waals surface area contributed by atoms with Gasteiger partial charge in [-0.25, -0.2) is 17.6 Å². The Bertz CT molecular complexity index is 778. The normalized spacial score (nSPS) is 19.8. The Balaban J connectivity index is 1.70. The molecule has 2 nitrogen and oxygen atoms in total. The summed E-state index contributed by atoms with van der Waals surface area (Å²) in [5.74, 6) is -2.38. The average Bonchev–Trinajstić information content (AvgIpc) is 2.68. The Morgan fingerprint density at radius 2 is 1.61 bits per heavy atom. The van der Waals surface area contributed by atoms with Gasteiger partial charge in [0.2, 0.25) is 0 Å². The highest BCUT2D eigenvalue weighted by molar-refractivity contribution is 5.65. The van der Waals surface area contributed by atoms with E-state index in [1.165, 1.54) is 18.6 Å². The summed E-state index contributed by atoms with van der Waals surface area (Å²) < 4.78 is 66.3. The van der Waals surface area contributed by atoms with Crippen LogP contribution in [0, 0.1) is 23.4 Å². The molecule has 28 heavy (non-hydrogen) atoms. The van der Waals surface area contributed by atoms with E-state index in [0.717, 1.165) is 31.4 Å². The predicted molar refractivity (Wildman–Crippen MR) is 98.8 cm³/mol. The zero-order chi connectivity index (χ0) is 20.1. The van der Waals surface area contributed by atoms with E-state index in [-0.39, 0.29) is 11.1 Å². The molecule has 0 unspecified atom stereocenters. The topological polar surface area (TPSA) is 18.5 Å². The van der Waals surface area contributed by atoms with Gasteiger partial charge in [-0.2, -0.15) is 0 Å². The molecule has 0 saturated carbocycles. The molecule has 1 aliphatic rings. The van der Waals surface area contributed by atoms with Crippen molar-refractivity contribution >= 4 is 0 Å². The van der Waals surface area contributed by atoms with Crippen molar-refractivity contribution in [3.63, 3.8) is 0 Å². The van der Waals surface area contributed by atoms with Crippen molar-refractivity contribution in [2.24, 2.45) is 5.92 Å². The molecule has 0 atom stereocenters. The number of halogens is 4. The van der Waals surface area contributed by atoms with Gasteiger partial charge in [0, 0.05) is 17.0 Å². The monoisotopic (exact) mass is 396 g/mol. The number of hydrogen-bond donors (Lipinski definition) is 0. The van der Waals surface area contributed by atoms with Gasteiger partial charge in [0.25, 0.3) is 0 Å². The van der Waals surface area contributed by atoms with Crippen molar-refractivity contribution in [3.8, 4) is 11.1 Å². The molecule has 1 saturated heterocycles. The molecular weight excluding hydrogens is 372 g/mol. The fourth-order valence-corrected chi connectivity index (χ4v) is 3.38. The average molecular weight is 396 g/mol. The summed E-state index contributed by atoms with van der Waals surface area (Å²) in [5, 5.41) is 0. The van der Waals surface area contributed by atoms with Crippen molar-refractivity contribution in [1.82, 2.24) is 0 Å². The van der Waals surface area contributed by atoms with Crippen LogP contribution in [0.25, 0.3) is 11.1 Å². The SMILES string of the molecule is CCCCCC1COC(c2ccc(-c3cc(F)c(CF)c(F)c3)c(F)c2)OC1. The van der Waals surface area contributed by atoms with Crippen LogP contribution in [0.2, 0.25) is 0 Å². The van der Waals surface area contributed by atoms with E-state index in [2.05, 4.69) is 6.92 Å². The van der Waals surface area contributed by atoms with Gasteiger partial charge < -0.3 is 9.47 Å². The minimum absolute atomic E-state index is 0.0118. The van der Waals surface area contributed by atoms with Gasteiger partial charge in [-0.15, -0.1) is 0 Å². The van der Waals surface area contributed by atoms with E-state index in [1.54, 1.807) is 6.07 Å². The molecule has 0 aromatic heterocycles. The van der Waals surface area contributed by atoms with E-state index < -0.39 is 36.0 Å². The number of unbranched alkanes of at least 4 members (excludes halogenated alkanes) is 2. The van der Waals surface area contributed by atoms with E-state index in [9.17, 15) is 17.6 Å². The largest absolute Gasteiger partial charge is 0.348 e. The van der Waals surface area contributed by atoms with E-state index in [4.69, 9.17) is 9.47 Å². The van der Waals surface area contributed by atoms with Crippen molar-refractivity contribution in [2.45, 2.75) is 45.6 Å². The Labute approximate surface area is 162 Å². The highest BCUT2D eigenvalue weighted by atomic mass is 19.1. The molecule has 0 radical (unpaired) electrons. The van der Waals surface area contributed by atoms with Crippen LogP contribution >= 0.6 is 0 Å². The maximum Gasteiger partial charge on any atom is 0.183 e. The number of ether oxygens (including phenoxy) is 2. The standard InChI is InChI=1S/C22H24F4O2/c1-2-3-4-5-14-12-27-22(28-13-14)15-6-7-17(19(24)8-15)16-9-20(25)18(11-23)21(26)10-16/h6-10,14,22H,2-5,11-13H2,1H3. The first kappa shape index (κ1) is 20.8. The van der Waals surface area contributed by atoms with Crippen LogP contribution in [-0.4, -0.2) is 13.2 Å². The van der Waals surface area contributed by atoms with Crippen LogP contribution in [0.1, 0.15) is 50.0 Å². The Morgan fingerprint density at radius 3 is 2.18 bits per heavy atom. The summed E-state index contributed by atoms with van der Waals surface area (Å²) in [7, 11) is 0. The summed E-state index contributed by atoms with van der Waals surface area (Å²) >= 11 is 0. The Hall–Kier alpha value is -1.92. The molecule has 0 amide bonds. The second-order valence-electron chi connectivity index (χ2n) is 7.15. The predicted octanol–water partition coefficient (Wildman–Crippen LogP) is 6.48. The lowest BCUT2D eigenvalue weighted by Gasteiger charge is -2.29. The van der Waals surface area contributed by atoms with Crippen LogP contribution in [0.15, 0.2) is 30.3 Å². The summed E-state index contributed by atoms with van der Waals surface area (Å²) in [6, 6.07) is 6.15. The number of hydrogen-bond acceptors (Lipinski definition) is 2. The first-order valence-corrected chi connectivity index (χ1v) is 9.60. The molecule has 0 spiro atoms. The molecular formula is C22H24F4O2. The van der Waals surface area contributed by atoms with Crippen LogP contribution in [0.3, 0.4) is 0 Å². The van der Waals surface area contributed by atoms with E-state index >= 15 is 0 Å². The highest BCUT2D eigenvalue weighted by Crippen LogP contribution is 2.32. The minimum Gasteiger partial charge on any atom is -0.348 e. The third kappa shape index (κ3) is 4.73. The maximum atomic E-state index is 14.6. The van der Waals surface area contributed by atoms with Crippen molar-refractivity contribution in [1.29, 1.82) is 0 Å². The van der Waals surface area contributed by atoms with Crippen LogP contribution < -0.4 is 0 Å². The van der Waals surface area contributed by atoms with Gasteiger partial charge in [0.1, 0.15) is 24.1 Å². The first-order chi connectivity index (χ1) is 13.5. The van der Waals surface area contributed by atoms with Gasteiger partial charge in [0.15, 0.2) is 6.29 Å². The summed E-state index contributed by atoms with van der Waals surface area (Å²) in [6.45, 7) is 2.01. The van der Waals surface area contributed by atoms with Crippen molar-refractivity contribution in [3.05, 3.63) is 58.9 Å². The molecule has 152 valence electrons.